The lowest BCUT2D eigenvalue weighted by Gasteiger charge is -2.31. The molecule has 1 atom stereocenters. The van der Waals surface area contributed by atoms with Crippen molar-refractivity contribution in [2.45, 2.75) is 23.7 Å². The van der Waals surface area contributed by atoms with E-state index in [4.69, 9.17) is 28.2 Å². The maximum Gasteiger partial charge on any atom is 0.246 e. The van der Waals surface area contributed by atoms with Gasteiger partial charge < -0.3 is 0 Å². The molecule has 0 spiro atoms. The summed E-state index contributed by atoms with van der Waals surface area (Å²) in [6, 6.07) is 12.7. The number of thiazole rings is 1. The van der Waals surface area contributed by atoms with Crippen LogP contribution in [0.3, 0.4) is 0 Å². The maximum absolute atomic E-state index is 13.1. The van der Waals surface area contributed by atoms with Crippen LogP contribution in [0.2, 0.25) is 10.0 Å². The van der Waals surface area contributed by atoms with E-state index in [1.807, 2.05) is 24.3 Å². The topological polar surface area (TPSA) is 50.3 Å². The van der Waals surface area contributed by atoms with Crippen molar-refractivity contribution < 1.29 is 8.42 Å². The molecule has 0 aliphatic carbocycles. The molecule has 3 aromatic rings. The Hall–Kier alpha value is -1.18. The lowest BCUT2D eigenvalue weighted by Crippen LogP contribution is -2.39. The van der Waals surface area contributed by atoms with Gasteiger partial charge in [-0.2, -0.15) is 4.31 Å². The van der Waals surface area contributed by atoms with Gasteiger partial charge in [0.05, 0.1) is 25.3 Å². The molecule has 1 aromatic heterocycles. The minimum atomic E-state index is -3.75. The highest BCUT2D eigenvalue weighted by atomic mass is 35.5. The third-order valence-electron chi connectivity index (χ3n) is 4.56. The van der Waals surface area contributed by atoms with E-state index in [2.05, 4.69) is 0 Å². The Morgan fingerprint density at radius 3 is 2.54 bits per heavy atom. The van der Waals surface area contributed by atoms with Crippen LogP contribution in [0.1, 0.15) is 23.8 Å². The minimum Gasteiger partial charge on any atom is -0.241 e. The molecule has 0 saturated carbocycles. The molecular formula is C18H16Cl2N2O2S2. The number of aromatic nitrogens is 1. The van der Waals surface area contributed by atoms with E-state index in [0.29, 0.717) is 13.1 Å². The number of hydrogen-bond acceptors (Lipinski definition) is 4. The standard InChI is InChI=1S/C18H16Cl2N2O2S2/c19-13-6-3-7-14(20)17(13)26(23,24)22-10-4-5-12(11-22)18-21-15-8-1-2-9-16(15)25-18/h1-3,6-9,12H,4-5,10-11H2/t12-/m0/s1. The summed E-state index contributed by atoms with van der Waals surface area (Å²) in [4.78, 5) is 4.70. The maximum atomic E-state index is 13.1. The molecule has 8 heteroatoms. The molecule has 26 heavy (non-hydrogen) atoms. The average Bonchev–Trinajstić information content (AvgIpc) is 3.06. The number of benzene rings is 2. The normalized spacial score (nSPS) is 19.1. The Balaban J connectivity index is 1.66. The summed E-state index contributed by atoms with van der Waals surface area (Å²) in [6.45, 7) is 0.856. The lowest BCUT2D eigenvalue weighted by atomic mass is 10.0. The van der Waals surface area contributed by atoms with Crippen molar-refractivity contribution in [3.8, 4) is 0 Å². The molecule has 2 aromatic carbocycles. The fourth-order valence-corrected chi connectivity index (χ4v) is 6.99. The second kappa shape index (κ2) is 7.09. The first-order valence-corrected chi connectivity index (χ1v) is 11.3. The summed E-state index contributed by atoms with van der Waals surface area (Å²) in [5.74, 6) is 0.0807. The molecule has 4 rings (SSSR count). The van der Waals surface area contributed by atoms with Crippen LogP contribution >= 0.6 is 34.5 Å². The summed E-state index contributed by atoms with van der Waals surface area (Å²) >= 11 is 13.9. The molecule has 2 heterocycles. The molecule has 136 valence electrons. The molecule has 4 nitrogen and oxygen atoms in total. The van der Waals surface area contributed by atoms with Crippen LogP contribution in [0.5, 0.6) is 0 Å². The zero-order chi connectivity index (χ0) is 18.3. The van der Waals surface area contributed by atoms with E-state index >= 15 is 0 Å². The second-order valence-corrected chi connectivity index (χ2v) is 10.0. The molecule has 1 aliphatic rings. The third-order valence-corrected chi connectivity index (χ3v) is 8.58. The summed E-state index contributed by atoms with van der Waals surface area (Å²) in [7, 11) is -3.75. The van der Waals surface area contributed by atoms with E-state index in [9.17, 15) is 8.42 Å². The largest absolute Gasteiger partial charge is 0.246 e. The van der Waals surface area contributed by atoms with Crippen LogP contribution in [0.15, 0.2) is 47.4 Å². The summed E-state index contributed by atoms with van der Waals surface area (Å²) < 4.78 is 28.8. The molecule has 1 saturated heterocycles. The van der Waals surface area contributed by atoms with E-state index in [1.165, 1.54) is 4.31 Å². The molecule has 0 radical (unpaired) electrons. The first-order chi connectivity index (χ1) is 12.5. The molecule has 0 amide bonds. The molecule has 0 N–H and O–H groups in total. The number of sulfonamides is 1. The van der Waals surface area contributed by atoms with Crippen LogP contribution in [0.25, 0.3) is 10.2 Å². The summed E-state index contributed by atoms with van der Waals surface area (Å²) in [5.41, 5.74) is 0.960. The zero-order valence-electron chi connectivity index (χ0n) is 13.7. The first-order valence-electron chi connectivity index (χ1n) is 8.26. The fraction of sp³-hybridized carbons (Fsp3) is 0.278. The highest BCUT2D eigenvalue weighted by Crippen LogP contribution is 2.37. The van der Waals surface area contributed by atoms with Gasteiger partial charge in [-0.05, 0) is 37.1 Å². The van der Waals surface area contributed by atoms with Crippen LogP contribution in [0, 0.1) is 0 Å². The highest BCUT2D eigenvalue weighted by molar-refractivity contribution is 7.89. The van der Waals surface area contributed by atoms with Gasteiger partial charge in [0.2, 0.25) is 10.0 Å². The van der Waals surface area contributed by atoms with Crippen molar-refractivity contribution in [1.29, 1.82) is 0 Å². The molecule has 0 bridgehead atoms. The van der Waals surface area contributed by atoms with Crippen molar-refractivity contribution in [1.82, 2.24) is 9.29 Å². The number of para-hydroxylation sites is 1. The Labute approximate surface area is 166 Å². The number of piperidine rings is 1. The minimum absolute atomic E-state index is 0.00622. The Morgan fingerprint density at radius 1 is 1.08 bits per heavy atom. The number of nitrogens with zero attached hydrogens (tertiary/aromatic N) is 2. The van der Waals surface area contributed by atoms with Crippen LogP contribution < -0.4 is 0 Å². The number of hydrogen-bond donors (Lipinski definition) is 0. The lowest BCUT2D eigenvalue weighted by molar-refractivity contribution is 0.315. The van der Waals surface area contributed by atoms with Gasteiger partial charge in [-0.25, -0.2) is 13.4 Å². The van der Waals surface area contributed by atoms with E-state index in [-0.39, 0.29) is 20.9 Å². The highest BCUT2D eigenvalue weighted by Gasteiger charge is 2.34. The van der Waals surface area contributed by atoms with Gasteiger partial charge in [0.1, 0.15) is 4.90 Å². The molecule has 1 fully saturated rings. The van der Waals surface area contributed by atoms with Gasteiger partial charge in [0, 0.05) is 19.0 Å². The Morgan fingerprint density at radius 2 is 1.81 bits per heavy atom. The van der Waals surface area contributed by atoms with Crippen molar-refractivity contribution >= 4 is 54.8 Å². The van der Waals surface area contributed by atoms with E-state index in [1.54, 1.807) is 29.5 Å². The average molecular weight is 427 g/mol. The quantitative estimate of drug-likeness (QED) is 0.579. The van der Waals surface area contributed by atoms with Crippen molar-refractivity contribution in [3.05, 3.63) is 57.5 Å². The van der Waals surface area contributed by atoms with E-state index < -0.39 is 10.0 Å². The van der Waals surface area contributed by atoms with Gasteiger partial charge >= 0.3 is 0 Å². The molecular weight excluding hydrogens is 411 g/mol. The monoisotopic (exact) mass is 426 g/mol. The number of rotatable bonds is 3. The molecule has 1 aliphatic heterocycles. The predicted octanol–water partition coefficient (Wildman–Crippen LogP) is 5.17. The third kappa shape index (κ3) is 3.25. The van der Waals surface area contributed by atoms with Crippen LogP contribution in [-0.2, 0) is 10.0 Å². The van der Waals surface area contributed by atoms with Crippen molar-refractivity contribution in [3.63, 3.8) is 0 Å². The second-order valence-electron chi connectivity index (χ2n) is 6.27. The summed E-state index contributed by atoms with van der Waals surface area (Å²) in [5, 5.41) is 1.29. The van der Waals surface area contributed by atoms with Crippen molar-refractivity contribution in [2.24, 2.45) is 0 Å². The van der Waals surface area contributed by atoms with Crippen molar-refractivity contribution in [2.75, 3.05) is 13.1 Å². The van der Waals surface area contributed by atoms with E-state index in [0.717, 1.165) is 28.1 Å². The smallest absolute Gasteiger partial charge is 0.241 e. The number of halogens is 2. The fourth-order valence-electron chi connectivity index (χ4n) is 3.29. The van der Waals surface area contributed by atoms with Gasteiger partial charge in [-0.15, -0.1) is 11.3 Å². The predicted molar refractivity (Wildman–Crippen MR) is 107 cm³/mol. The van der Waals surface area contributed by atoms with Gasteiger partial charge in [-0.1, -0.05) is 41.4 Å². The Bertz CT molecular complexity index is 1010. The van der Waals surface area contributed by atoms with Crippen LogP contribution in [0.4, 0.5) is 0 Å². The first kappa shape index (κ1) is 18.2. The zero-order valence-corrected chi connectivity index (χ0v) is 16.9. The van der Waals surface area contributed by atoms with Gasteiger partial charge in [0.15, 0.2) is 0 Å². The Kier molecular flexibility index (Phi) is 4.96. The SMILES string of the molecule is O=S(=O)(c1c(Cl)cccc1Cl)N1CCC[C@H](c2nc3ccccc3s2)C1. The molecule has 0 unspecified atom stereocenters. The van der Waals surface area contributed by atoms with Gasteiger partial charge in [0.25, 0.3) is 0 Å². The summed E-state index contributed by atoms with van der Waals surface area (Å²) in [6.07, 6.45) is 1.70. The number of fused-ring (bicyclic) bond motifs is 1. The van der Waals surface area contributed by atoms with Gasteiger partial charge in [-0.3, -0.25) is 0 Å². The van der Waals surface area contributed by atoms with Crippen LogP contribution in [-0.4, -0.2) is 30.8 Å².